The second-order valence-corrected chi connectivity index (χ2v) is 4.34. The maximum Gasteiger partial charge on any atom is 0.129 e. The molecule has 0 aliphatic heterocycles. The number of methoxy groups -OCH3 is 1. The van der Waals surface area contributed by atoms with Crippen LogP contribution in [-0.2, 0) is 0 Å². The van der Waals surface area contributed by atoms with E-state index in [-0.39, 0.29) is 6.10 Å². The summed E-state index contributed by atoms with van der Waals surface area (Å²) in [5.41, 5.74) is 0. The second kappa shape index (κ2) is 6.04. The molecule has 14 heavy (non-hydrogen) atoms. The lowest BCUT2D eigenvalue weighted by atomic mass is 10.1. The largest absolute Gasteiger partial charge is 0.496 e. The van der Waals surface area contributed by atoms with Crippen molar-refractivity contribution in [2.24, 2.45) is 0 Å². The van der Waals surface area contributed by atoms with Crippen LogP contribution in [0.15, 0.2) is 11.4 Å². The zero-order chi connectivity index (χ0) is 10.4. The standard InChI is InChI=1S/C11H18O2S/c1-3-4-5-6-10(12)11-7-9(13-2)8-14-11/h7-8,10,12H,3-6H2,1-2H3. The van der Waals surface area contributed by atoms with E-state index < -0.39 is 0 Å². The molecule has 0 aliphatic carbocycles. The summed E-state index contributed by atoms with van der Waals surface area (Å²) in [5, 5.41) is 11.7. The molecule has 80 valence electrons. The zero-order valence-electron chi connectivity index (χ0n) is 8.82. The summed E-state index contributed by atoms with van der Waals surface area (Å²) in [6, 6.07) is 1.92. The van der Waals surface area contributed by atoms with Crippen LogP contribution < -0.4 is 4.74 Å². The van der Waals surface area contributed by atoms with E-state index in [0.717, 1.165) is 23.5 Å². The van der Waals surface area contributed by atoms with Crippen molar-refractivity contribution in [2.45, 2.75) is 38.7 Å². The average molecular weight is 214 g/mol. The van der Waals surface area contributed by atoms with Crippen molar-refractivity contribution in [1.29, 1.82) is 0 Å². The Kier molecular flexibility index (Phi) is 4.98. The minimum atomic E-state index is -0.310. The highest BCUT2D eigenvalue weighted by Crippen LogP contribution is 2.29. The number of hydrogen-bond acceptors (Lipinski definition) is 3. The van der Waals surface area contributed by atoms with E-state index in [9.17, 15) is 5.11 Å². The summed E-state index contributed by atoms with van der Waals surface area (Å²) >= 11 is 1.57. The Hall–Kier alpha value is -0.540. The van der Waals surface area contributed by atoms with Gasteiger partial charge in [-0.25, -0.2) is 0 Å². The number of aliphatic hydroxyl groups is 1. The maximum absolute atomic E-state index is 9.81. The summed E-state index contributed by atoms with van der Waals surface area (Å²) < 4.78 is 5.07. The average Bonchev–Trinajstić information content (AvgIpc) is 2.66. The summed E-state index contributed by atoms with van der Waals surface area (Å²) in [6.45, 7) is 2.17. The Morgan fingerprint density at radius 1 is 1.50 bits per heavy atom. The van der Waals surface area contributed by atoms with E-state index in [2.05, 4.69) is 6.92 Å². The van der Waals surface area contributed by atoms with E-state index in [1.807, 2.05) is 11.4 Å². The van der Waals surface area contributed by atoms with Gasteiger partial charge in [0.15, 0.2) is 0 Å². The van der Waals surface area contributed by atoms with Gasteiger partial charge in [0.25, 0.3) is 0 Å². The lowest BCUT2D eigenvalue weighted by molar-refractivity contribution is 0.167. The third kappa shape index (κ3) is 3.31. The molecule has 0 aromatic carbocycles. The molecule has 1 N–H and O–H groups in total. The number of thiophene rings is 1. The molecule has 0 spiro atoms. The number of ether oxygens (including phenoxy) is 1. The molecule has 1 atom stereocenters. The predicted molar refractivity (Wildman–Crippen MR) is 60.0 cm³/mol. The van der Waals surface area contributed by atoms with Gasteiger partial charge < -0.3 is 9.84 Å². The van der Waals surface area contributed by atoms with E-state index >= 15 is 0 Å². The van der Waals surface area contributed by atoms with Crippen LogP contribution in [0.1, 0.15) is 43.6 Å². The molecule has 0 bridgehead atoms. The Balaban J connectivity index is 2.39. The molecule has 0 saturated carbocycles. The van der Waals surface area contributed by atoms with Crippen molar-refractivity contribution < 1.29 is 9.84 Å². The van der Waals surface area contributed by atoms with Crippen LogP contribution >= 0.6 is 11.3 Å². The molecule has 1 rings (SSSR count). The van der Waals surface area contributed by atoms with Gasteiger partial charge in [0.05, 0.1) is 13.2 Å². The van der Waals surface area contributed by atoms with Crippen molar-refractivity contribution in [3.8, 4) is 5.75 Å². The molecule has 0 saturated heterocycles. The lowest BCUT2D eigenvalue weighted by Gasteiger charge is -2.06. The SMILES string of the molecule is CCCCCC(O)c1cc(OC)cs1. The molecule has 0 radical (unpaired) electrons. The van der Waals surface area contributed by atoms with Gasteiger partial charge in [0.1, 0.15) is 5.75 Å². The molecular formula is C11H18O2S. The van der Waals surface area contributed by atoms with Crippen molar-refractivity contribution in [2.75, 3.05) is 7.11 Å². The Labute approximate surface area is 89.5 Å². The molecule has 0 fully saturated rings. The number of hydrogen-bond donors (Lipinski definition) is 1. The molecule has 0 amide bonds. The second-order valence-electron chi connectivity index (χ2n) is 3.40. The summed E-state index contributed by atoms with van der Waals surface area (Å²) in [4.78, 5) is 1.01. The van der Waals surface area contributed by atoms with Gasteiger partial charge in [0.2, 0.25) is 0 Å². The normalized spacial score (nSPS) is 12.8. The van der Waals surface area contributed by atoms with E-state index in [0.29, 0.717) is 0 Å². The van der Waals surface area contributed by atoms with E-state index in [1.54, 1.807) is 18.4 Å². The van der Waals surface area contributed by atoms with Crippen LogP contribution in [0.5, 0.6) is 5.75 Å². The van der Waals surface area contributed by atoms with Crippen molar-refractivity contribution in [3.05, 3.63) is 16.3 Å². The number of rotatable bonds is 6. The van der Waals surface area contributed by atoms with Gasteiger partial charge in [-0.15, -0.1) is 11.3 Å². The molecule has 1 unspecified atom stereocenters. The van der Waals surface area contributed by atoms with Gasteiger partial charge in [-0.3, -0.25) is 0 Å². The topological polar surface area (TPSA) is 29.5 Å². The van der Waals surface area contributed by atoms with Crippen molar-refractivity contribution >= 4 is 11.3 Å². The third-order valence-corrected chi connectivity index (χ3v) is 3.25. The molecule has 1 heterocycles. The predicted octanol–water partition coefficient (Wildman–Crippen LogP) is 3.37. The first-order valence-corrected chi connectivity index (χ1v) is 5.96. The van der Waals surface area contributed by atoms with Gasteiger partial charge in [0, 0.05) is 10.3 Å². The molecule has 2 nitrogen and oxygen atoms in total. The van der Waals surface area contributed by atoms with Gasteiger partial charge in [-0.1, -0.05) is 26.2 Å². The molecule has 1 aromatic rings. The highest BCUT2D eigenvalue weighted by atomic mass is 32.1. The quantitative estimate of drug-likeness (QED) is 0.736. The van der Waals surface area contributed by atoms with Gasteiger partial charge >= 0.3 is 0 Å². The highest BCUT2D eigenvalue weighted by Gasteiger charge is 2.09. The molecular weight excluding hydrogens is 196 g/mol. The van der Waals surface area contributed by atoms with E-state index in [4.69, 9.17) is 4.74 Å². The first kappa shape index (κ1) is 11.5. The smallest absolute Gasteiger partial charge is 0.129 e. The van der Waals surface area contributed by atoms with E-state index in [1.165, 1.54) is 12.8 Å². The summed E-state index contributed by atoms with van der Waals surface area (Å²) in [5.74, 6) is 0.847. The maximum atomic E-state index is 9.81. The zero-order valence-corrected chi connectivity index (χ0v) is 9.64. The fourth-order valence-corrected chi connectivity index (χ4v) is 2.22. The Morgan fingerprint density at radius 3 is 2.86 bits per heavy atom. The fourth-order valence-electron chi connectivity index (χ4n) is 1.35. The van der Waals surface area contributed by atoms with Gasteiger partial charge in [-0.05, 0) is 12.5 Å². The van der Waals surface area contributed by atoms with Crippen LogP contribution in [0.2, 0.25) is 0 Å². The molecule has 1 aromatic heterocycles. The van der Waals surface area contributed by atoms with Crippen molar-refractivity contribution in [3.63, 3.8) is 0 Å². The van der Waals surface area contributed by atoms with Gasteiger partial charge in [-0.2, -0.15) is 0 Å². The first-order chi connectivity index (χ1) is 6.77. The number of aliphatic hydroxyl groups excluding tert-OH is 1. The van der Waals surface area contributed by atoms with Crippen molar-refractivity contribution in [1.82, 2.24) is 0 Å². The van der Waals surface area contributed by atoms with Crippen LogP contribution in [0.4, 0.5) is 0 Å². The number of unbranched alkanes of at least 4 members (excludes halogenated alkanes) is 2. The fraction of sp³-hybridized carbons (Fsp3) is 0.636. The minimum absolute atomic E-state index is 0.310. The third-order valence-electron chi connectivity index (χ3n) is 2.24. The molecule has 0 aliphatic rings. The van der Waals surface area contributed by atoms with Crippen LogP contribution in [0.25, 0.3) is 0 Å². The van der Waals surface area contributed by atoms with Crippen LogP contribution in [-0.4, -0.2) is 12.2 Å². The Morgan fingerprint density at radius 2 is 2.29 bits per heavy atom. The summed E-state index contributed by atoms with van der Waals surface area (Å²) in [6.07, 6.45) is 4.03. The van der Waals surface area contributed by atoms with Crippen LogP contribution in [0.3, 0.4) is 0 Å². The van der Waals surface area contributed by atoms with Crippen LogP contribution in [0, 0.1) is 0 Å². The minimum Gasteiger partial charge on any atom is -0.496 e. The lowest BCUT2D eigenvalue weighted by Crippen LogP contribution is -1.93. The first-order valence-electron chi connectivity index (χ1n) is 5.08. The monoisotopic (exact) mass is 214 g/mol. The summed E-state index contributed by atoms with van der Waals surface area (Å²) in [7, 11) is 1.65. The molecule has 3 heteroatoms. The Bertz CT molecular complexity index is 258. The highest BCUT2D eigenvalue weighted by molar-refractivity contribution is 7.10.